The summed E-state index contributed by atoms with van der Waals surface area (Å²) >= 11 is 1.35. The maximum atomic E-state index is 11.9. The van der Waals surface area contributed by atoms with Gasteiger partial charge in [-0.05, 0) is 29.8 Å². The number of benzene rings is 2. The fourth-order valence-electron chi connectivity index (χ4n) is 3.25. The maximum Gasteiger partial charge on any atom is 0.161 e. The lowest BCUT2D eigenvalue weighted by atomic mass is 10.2. The van der Waals surface area contributed by atoms with Crippen molar-refractivity contribution in [2.75, 3.05) is 16.4 Å². The van der Waals surface area contributed by atoms with E-state index in [1.807, 2.05) is 59.5 Å². The van der Waals surface area contributed by atoms with E-state index in [2.05, 4.69) is 0 Å². The second-order valence-corrected chi connectivity index (χ2v) is 9.63. The summed E-state index contributed by atoms with van der Waals surface area (Å²) in [5, 5.41) is 8.56. The van der Waals surface area contributed by atoms with E-state index in [9.17, 15) is 8.42 Å². The van der Waals surface area contributed by atoms with Crippen LogP contribution in [0.3, 0.4) is 0 Å². The van der Waals surface area contributed by atoms with E-state index in [1.165, 1.54) is 11.8 Å². The summed E-state index contributed by atoms with van der Waals surface area (Å²) < 4.78 is 29.5. The highest BCUT2D eigenvalue weighted by atomic mass is 32.2. The van der Waals surface area contributed by atoms with Gasteiger partial charge in [-0.2, -0.15) is 0 Å². The Morgan fingerprint density at radius 3 is 2.52 bits per heavy atom. The molecule has 0 aliphatic carbocycles. The molecule has 2 aliphatic heterocycles. The van der Waals surface area contributed by atoms with Crippen molar-refractivity contribution in [2.24, 2.45) is 0 Å². The van der Waals surface area contributed by atoms with Crippen LogP contribution in [-0.2, 0) is 16.4 Å². The first-order valence-electron chi connectivity index (χ1n) is 8.03. The number of nitrogens with zero attached hydrogens (tertiary/aromatic N) is 1. The zero-order valence-electron chi connectivity index (χ0n) is 13.5. The van der Waals surface area contributed by atoms with Crippen LogP contribution in [0.25, 0.3) is 0 Å². The van der Waals surface area contributed by atoms with Crippen LogP contribution in [0.5, 0.6) is 5.75 Å². The van der Waals surface area contributed by atoms with E-state index in [0.717, 1.165) is 17.0 Å². The second-order valence-electron chi connectivity index (χ2n) is 6.24. The van der Waals surface area contributed by atoms with Crippen LogP contribution in [0.2, 0.25) is 0 Å². The zero-order chi connectivity index (χ0) is 17.4. The summed E-state index contributed by atoms with van der Waals surface area (Å²) in [5.74, 6) is 1.04. The van der Waals surface area contributed by atoms with Gasteiger partial charge in [-0.1, -0.05) is 42.1 Å². The molecule has 0 unspecified atom stereocenters. The number of anilines is 1. The molecule has 5 nitrogen and oxygen atoms in total. The number of ether oxygens (including phenoxy) is 1. The molecule has 0 amide bonds. The highest BCUT2D eigenvalue weighted by Crippen LogP contribution is 2.40. The monoisotopic (exact) mass is 374 g/mol. The Kier molecular flexibility index (Phi) is 4.21. The number of nitrogens with one attached hydrogen (secondary N) is 1. The molecule has 1 N–H and O–H groups in total. The molecule has 0 saturated carbocycles. The van der Waals surface area contributed by atoms with E-state index in [4.69, 9.17) is 10.1 Å². The van der Waals surface area contributed by atoms with Gasteiger partial charge in [-0.3, -0.25) is 5.41 Å². The number of rotatable bonds is 4. The minimum Gasteiger partial charge on any atom is -0.489 e. The third kappa shape index (κ3) is 3.39. The lowest BCUT2D eigenvalue weighted by Gasteiger charge is -2.24. The second kappa shape index (κ2) is 6.38. The van der Waals surface area contributed by atoms with Crippen molar-refractivity contribution >= 4 is 32.5 Å². The molecular weight excluding hydrogens is 356 g/mol. The van der Waals surface area contributed by atoms with Crippen molar-refractivity contribution < 1.29 is 13.2 Å². The number of sulfone groups is 1. The molecule has 2 fully saturated rings. The van der Waals surface area contributed by atoms with Gasteiger partial charge in [0, 0.05) is 10.9 Å². The molecule has 25 heavy (non-hydrogen) atoms. The molecule has 4 rings (SSSR count). The Labute approximate surface area is 151 Å². The lowest BCUT2D eigenvalue weighted by Crippen LogP contribution is -2.37. The molecule has 0 radical (unpaired) electrons. The highest BCUT2D eigenvalue weighted by molar-refractivity contribution is 8.15. The predicted molar refractivity (Wildman–Crippen MR) is 101 cm³/mol. The van der Waals surface area contributed by atoms with Gasteiger partial charge in [0.1, 0.15) is 12.4 Å². The SMILES string of the molecule is N=C1S[C@H]2CS(=O)(=O)C[C@@H]2N1c1ccc(OCc2ccccc2)cc1. The third-order valence-corrected chi connectivity index (χ3v) is 7.58. The zero-order valence-corrected chi connectivity index (χ0v) is 15.1. The van der Waals surface area contributed by atoms with Crippen molar-refractivity contribution in [3.8, 4) is 5.75 Å². The Morgan fingerprint density at radius 1 is 1.08 bits per heavy atom. The number of thioether (sulfide) groups is 1. The van der Waals surface area contributed by atoms with Gasteiger partial charge in [-0.25, -0.2) is 8.42 Å². The van der Waals surface area contributed by atoms with Crippen LogP contribution in [0.15, 0.2) is 54.6 Å². The van der Waals surface area contributed by atoms with Gasteiger partial charge < -0.3 is 9.64 Å². The largest absolute Gasteiger partial charge is 0.489 e. The van der Waals surface area contributed by atoms with Crippen LogP contribution in [0.1, 0.15) is 5.56 Å². The van der Waals surface area contributed by atoms with Gasteiger partial charge in [0.2, 0.25) is 0 Å². The molecule has 0 bridgehead atoms. The lowest BCUT2D eigenvalue weighted by molar-refractivity contribution is 0.306. The average molecular weight is 374 g/mol. The molecule has 2 saturated heterocycles. The van der Waals surface area contributed by atoms with E-state index in [-0.39, 0.29) is 22.8 Å². The first-order valence-corrected chi connectivity index (χ1v) is 10.7. The summed E-state index contributed by atoms with van der Waals surface area (Å²) in [5.41, 5.74) is 1.94. The molecule has 2 aromatic rings. The summed E-state index contributed by atoms with van der Waals surface area (Å²) in [7, 11) is -3.00. The topological polar surface area (TPSA) is 70.5 Å². The Hall–Kier alpha value is -1.99. The summed E-state index contributed by atoms with van der Waals surface area (Å²) in [6.45, 7) is 0.499. The molecule has 2 heterocycles. The van der Waals surface area contributed by atoms with E-state index in [1.54, 1.807) is 0 Å². The molecule has 2 aromatic carbocycles. The van der Waals surface area contributed by atoms with Crippen LogP contribution in [-0.4, -0.2) is 36.4 Å². The molecule has 0 aromatic heterocycles. The van der Waals surface area contributed by atoms with Crippen molar-refractivity contribution in [3.05, 3.63) is 60.2 Å². The smallest absolute Gasteiger partial charge is 0.161 e. The number of amidine groups is 1. The third-order valence-electron chi connectivity index (χ3n) is 4.45. The van der Waals surface area contributed by atoms with E-state index < -0.39 is 9.84 Å². The summed E-state index contributed by atoms with van der Waals surface area (Å²) in [6, 6.07) is 17.3. The molecule has 0 spiro atoms. The van der Waals surface area contributed by atoms with Gasteiger partial charge in [0.25, 0.3) is 0 Å². The van der Waals surface area contributed by atoms with Gasteiger partial charge in [-0.15, -0.1) is 0 Å². The predicted octanol–water partition coefficient (Wildman–Crippen LogP) is 2.92. The van der Waals surface area contributed by atoms with Crippen LogP contribution in [0, 0.1) is 5.41 Å². The van der Waals surface area contributed by atoms with Crippen LogP contribution < -0.4 is 9.64 Å². The quantitative estimate of drug-likeness (QED) is 0.891. The van der Waals surface area contributed by atoms with E-state index >= 15 is 0 Å². The minimum atomic E-state index is -3.00. The number of hydrogen-bond donors (Lipinski definition) is 1. The molecular formula is C18H18N2O3S2. The first kappa shape index (κ1) is 16.5. The summed E-state index contributed by atoms with van der Waals surface area (Å²) in [6.07, 6.45) is 0. The fourth-order valence-corrected chi connectivity index (χ4v) is 7.05. The normalized spacial score (nSPS) is 24.3. The van der Waals surface area contributed by atoms with Crippen molar-refractivity contribution in [1.29, 1.82) is 5.41 Å². The van der Waals surface area contributed by atoms with Crippen molar-refractivity contribution in [3.63, 3.8) is 0 Å². The fraction of sp³-hybridized carbons (Fsp3) is 0.278. The minimum absolute atomic E-state index is 0.0356. The maximum absolute atomic E-state index is 11.9. The van der Waals surface area contributed by atoms with Crippen LogP contribution >= 0.6 is 11.8 Å². The van der Waals surface area contributed by atoms with Gasteiger partial charge in [0.05, 0.1) is 17.5 Å². The Bertz CT molecular complexity index is 882. The average Bonchev–Trinajstić information content (AvgIpc) is 3.04. The highest BCUT2D eigenvalue weighted by Gasteiger charge is 2.48. The van der Waals surface area contributed by atoms with E-state index in [0.29, 0.717) is 11.8 Å². The first-order chi connectivity index (χ1) is 12.0. The Morgan fingerprint density at radius 2 is 1.80 bits per heavy atom. The van der Waals surface area contributed by atoms with Gasteiger partial charge in [0.15, 0.2) is 15.0 Å². The molecule has 2 aliphatic rings. The van der Waals surface area contributed by atoms with Crippen molar-refractivity contribution in [1.82, 2.24) is 0 Å². The molecule has 2 atom stereocenters. The standard InChI is InChI=1S/C18H18N2O3S2/c19-18-20(16-11-25(21,22)12-17(16)24-18)14-6-8-15(9-7-14)23-10-13-4-2-1-3-5-13/h1-9,16-17,19H,10-12H2/t16-,17-/m0/s1. The van der Waals surface area contributed by atoms with Crippen molar-refractivity contribution in [2.45, 2.75) is 17.9 Å². The number of fused-ring (bicyclic) bond motifs is 1. The van der Waals surface area contributed by atoms with Crippen LogP contribution in [0.4, 0.5) is 5.69 Å². The Balaban J connectivity index is 1.47. The summed E-state index contributed by atoms with van der Waals surface area (Å²) in [4.78, 5) is 1.83. The van der Waals surface area contributed by atoms with Gasteiger partial charge >= 0.3 is 0 Å². The number of hydrogen-bond acceptors (Lipinski definition) is 5. The molecule has 130 valence electrons. The molecule has 7 heteroatoms.